The Bertz CT molecular complexity index is 1620. The normalized spacial score (nSPS) is 12.9. The highest BCUT2D eigenvalue weighted by molar-refractivity contribution is 5.99. The Morgan fingerprint density at radius 3 is 2.19 bits per heavy atom. The molecule has 0 aliphatic heterocycles. The number of aromatic nitrogens is 2. The molecule has 4 heteroatoms. The quantitative estimate of drug-likeness (QED) is 0.256. The highest BCUT2D eigenvalue weighted by Gasteiger charge is 2.44. The van der Waals surface area contributed by atoms with Crippen molar-refractivity contribution in [3.8, 4) is 16.9 Å². The van der Waals surface area contributed by atoms with E-state index in [0.717, 1.165) is 50.3 Å². The number of halogens is 1. The first-order valence-corrected chi connectivity index (χ1v) is 11.9. The third-order valence-electron chi connectivity index (χ3n) is 6.92. The number of ether oxygens (including phenoxy) is 1. The summed E-state index contributed by atoms with van der Waals surface area (Å²) in [5.74, 6) is 0.493. The predicted octanol–water partition coefficient (Wildman–Crippen LogP) is 7.69. The van der Waals surface area contributed by atoms with E-state index in [1.54, 1.807) is 13.2 Å². The highest BCUT2D eigenvalue weighted by atomic mass is 19.1. The molecule has 0 saturated heterocycles. The van der Waals surface area contributed by atoms with Crippen LogP contribution in [0, 0.1) is 5.82 Å². The van der Waals surface area contributed by atoms with Gasteiger partial charge in [-0.05, 0) is 47.5 Å². The van der Waals surface area contributed by atoms with E-state index in [9.17, 15) is 4.39 Å². The van der Waals surface area contributed by atoms with Gasteiger partial charge in [-0.25, -0.2) is 4.39 Å². The number of hydrogen-bond acceptors (Lipinski definition) is 1. The first-order chi connectivity index (χ1) is 17.7. The van der Waals surface area contributed by atoms with Gasteiger partial charge in [0.05, 0.1) is 7.11 Å². The van der Waals surface area contributed by atoms with Crippen LogP contribution in [-0.4, -0.2) is 17.1 Å². The first kappa shape index (κ1) is 21.9. The smallest absolute Gasteiger partial charge is 0.123 e. The Hall–Kier alpha value is -4.57. The number of rotatable bonds is 6. The Morgan fingerprint density at radius 2 is 1.47 bits per heavy atom. The van der Waals surface area contributed by atoms with Gasteiger partial charge in [0.15, 0.2) is 0 Å². The van der Waals surface area contributed by atoms with Crippen LogP contribution in [0.5, 0.6) is 5.75 Å². The summed E-state index contributed by atoms with van der Waals surface area (Å²) < 4.78 is 20.6. The molecule has 0 radical (unpaired) electrons. The van der Waals surface area contributed by atoms with Crippen LogP contribution in [0.15, 0.2) is 121 Å². The molecular weight excluding hydrogens is 447 g/mol. The van der Waals surface area contributed by atoms with E-state index < -0.39 is 5.41 Å². The second-order valence-corrected chi connectivity index (χ2v) is 8.83. The largest absolute Gasteiger partial charge is 0.496 e. The number of para-hydroxylation sites is 1. The zero-order valence-corrected chi connectivity index (χ0v) is 19.8. The van der Waals surface area contributed by atoms with Gasteiger partial charge in [0, 0.05) is 39.6 Å². The maximum atomic E-state index is 14.6. The number of fused-ring (bicyclic) bond motifs is 1. The molecule has 4 aromatic carbocycles. The molecular formula is C32H25FN2O. The molecule has 0 unspecified atom stereocenters. The van der Waals surface area contributed by atoms with Crippen molar-refractivity contribution in [1.82, 2.24) is 9.97 Å². The zero-order valence-electron chi connectivity index (χ0n) is 19.8. The van der Waals surface area contributed by atoms with E-state index in [4.69, 9.17) is 4.74 Å². The Morgan fingerprint density at radius 1 is 0.750 bits per heavy atom. The average molecular weight is 473 g/mol. The first-order valence-electron chi connectivity index (χ1n) is 11.9. The maximum absolute atomic E-state index is 14.6. The van der Waals surface area contributed by atoms with Gasteiger partial charge in [-0.3, -0.25) is 0 Å². The summed E-state index contributed by atoms with van der Waals surface area (Å²) in [7, 11) is 1.70. The molecule has 2 N–H and O–H groups in total. The van der Waals surface area contributed by atoms with Gasteiger partial charge in [-0.2, -0.15) is 0 Å². The number of hydrogen-bond donors (Lipinski definition) is 2. The van der Waals surface area contributed by atoms with Crippen LogP contribution >= 0.6 is 0 Å². The lowest BCUT2D eigenvalue weighted by atomic mass is 9.67. The molecule has 0 saturated carbocycles. The molecule has 0 aliphatic carbocycles. The van der Waals surface area contributed by atoms with E-state index in [0.29, 0.717) is 0 Å². The van der Waals surface area contributed by atoms with Crippen molar-refractivity contribution in [2.75, 3.05) is 7.11 Å². The minimum absolute atomic E-state index is 0.271. The van der Waals surface area contributed by atoms with Crippen molar-refractivity contribution in [1.29, 1.82) is 0 Å². The van der Waals surface area contributed by atoms with Crippen LogP contribution in [0.3, 0.4) is 0 Å². The molecule has 0 aliphatic rings. The number of nitrogens with one attached hydrogen (secondary N) is 2. The van der Waals surface area contributed by atoms with Crippen LogP contribution in [0.4, 0.5) is 4.39 Å². The maximum Gasteiger partial charge on any atom is 0.123 e. The van der Waals surface area contributed by atoms with E-state index >= 15 is 0 Å². The minimum atomic E-state index is -0.808. The fourth-order valence-corrected chi connectivity index (χ4v) is 5.43. The molecule has 0 bridgehead atoms. The van der Waals surface area contributed by atoms with Crippen molar-refractivity contribution in [2.24, 2.45) is 0 Å². The predicted molar refractivity (Wildman–Crippen MR) is 143 cm³/mol. The fourth-order valence-electron chi connectivity index (χ4n) is 5.43. The van der Waals surface area contributed by atoms with Crippen molar-refractivity contribution in [3.05, 3.63) is 150 Å². The monoisotopic (exact) mass is 472 g/mol. The fraction of sp³-hybridized carbons (Fsp3) is 0.0625. The number of benzene rings is 4. The van der Waals surface area contributed by atoms with Crippen molar-refractivity contribution in [2.45, 2.75) is 5.41 Å². The standard InChI is InChI=1S/C32H25FN2O/c1-36-28-16-9-8-15-26(28)32(29-17-10-20-34-29,23-13-6-3-7-14-23)31-30(22-11-4-2-5-12-22)25-21-24(33)18-19-27(25)35-31/h2-21,34-35H,1H3/t32-/m0/s1. The number of aromatic amines is 2. The summed E-state index contributed by atoms with van der Waals surface area (Å²) in [6.45, 7) is 0. The van der Waals surface area contributed by atoms with Crippen LogP contribution in [-0.2, 0) is 5.41 Å². The lowest BCUT2D eigenvalue weighted by Gasteiger charge is -2.36. The average Bonchev–Trinajstić information content (AvgIpc) is 3.60. The molecule has 0 fully saturated rings. The molecule has 2 heterocycles. The summed E-state index contributed by atoms with van der Waals surface area (Å²) in [6.07, 6.45) is 1.94. The van der Waals surface area contributed by atoms with Crippen LogP contribution in [0.2, 0.25) is 0 Å². The number of H-pyrrole nitrogens is 2. The van der Waals surface area contributed by atoms with E-state index in [-0.39, 0.29) is 5.82 Å². The van der Waals surface area contributed by atoms with E-state index in [2.05, 4.69) is 46.4 Å². The Labute approximate surface area is 209 Å². The molecule has 6 rings (SSSR count). The second-order valence-electron chi connectivity index (χ2n) is 8.83. The second kappa shape index (κ2) is 8.90. The van der Waals surface area contributed by atoms with Gasteiger partial charge in [0.25, 0.3) is 0 Å². The summed E-state index contributed by atoms with van der Waals surface area (Å²) in [6, 6.07) is 37.7. The molecule has 3 nitrogen and oxygen atoms in total. The molecule has 36 heavy (non-hydrogen) atoms. The van der Waals surface area contributed by atoms with E-state index in [1.807, 2.05) is 72.9 Å². The van der Waals surface area contributed by atoms with Gasteiger partial charge >= 0.3 is 0 Å². The van der Waals surface area contributed by atoms with Gasteiger partial charge in [-0.15, -0.1) is 0 Å². The third-order valence-corrected chi connectivity index (χ3v) is 6.92. The summed E-state index contributed by atoms with van der Waals surface area (Å²) in [4.78, 5) is 7.23. The Balaban J connectivity index is 1.85. The molecule has 0 amide bonds. The van der Waals surface area contributed by atoms with Gasteiger partial charge in [0.2, 0.25) is 0 Å². The SMILES string of the molecule is COc1ccccc1[C@@](c1ccccc1)(c1ccc[nH]1)c1[nH]c2ccc(F)cc2c1-c1ccccc1. The van der Waals surface area contributed by atoms with Gasteiger partial charge in [0.1, 0.15) is 17.0 Å². The highest BCUT2D eigenvalue weighted by Crippen LogP contribution is 2.51. The van der Waals surface area contributed by atoms with Crippen LogP contribution in [0.25, 0.3) is 22.0 Å². The molecule has 6 aromatic rings. The summed E-state index contributed by atoms with van der Waals surface area (Å²) in [5, 5.41) is 0.831. The van der Waals surface area contributed by atoms with Gasteiger partial charge in [-0.1, -0.05) is 78.9 Å². The summed E-state index contributed by atoms with van der Waals surface area (Å²) >= 11 is 0. The topological polar surface area (TPSA) is 40.8 Å². The number of methoxy groups -OCH3 is 1. The lowest BCUT2D eigenvalue weighted by Crippen LogP contribution is -2.33. The lowest BCUT2D eigenvalue weighted by molar-refractivity contribution is 0.404. The minimum Gasteiger partial charge on any atom is -0.496 e. The summed E-state index contributed by atoms with van der Waals surface area (Å²) in [5.41, 5.74) is 5.96. The Kier molecular flexibility index (Phi) is 5.42. The molecule has 1 atom stereocenters. The van der Waals surface area contributed by atoms with Crippen molar-refractivity contribution < 1.29 is 9.13 Å². The van der Waals surface area contributed by atoms with Crippen LogP contribution in [0.1, 0.15) is 22.5 Å². The van der Waals surface area contributed by atoms with Crippen LogP contribution < -0.4 is 4.74 Å². The molecule has 176 valence electrons. The molecule has 2 aromatic heterocycles. The molecule has 0 spiro atoms. The van der Waals surface area contributed by atoms with E-state index in [1.165, 1.54) is 6.07 Å². The third kappa shape index (κ3) is 3.34. The van der Waals surface area contributed by atoms with Crippen molar-refractivity contribution in [3.63, 3.8) is 0 Å². The van der Waals surface area contributed by atoms with Crippen molar-refractivity contribution >= 4 is 10.9 Å². The van der Waals surface area contributed by atoms with Gasteiger partial charge < -0.3 is 14.7 Å². The zero-order chi connectivity index (χ0) is 24.5.